The molecule has 0 fully saturated rings. The van der Waals surface area contributed by atoms with Crippen molar-refractivity contribution in [3.8, 4) is 0 Å². The van der Waals surface area contributed by atoms with Gasteiger partial charge in [-0.3, -0.25) is 0 Å². The molecule has 0 aliphatic carbocycles. The lowest BCUT2D eigenvalue weighted by Crippen LogP contribution is -2.13. The van der Waals surface area contributed by atoms with Crippen molar-refractivity contribution < 1.29 is 4.39 Å². The summed E-state index contributed by atoms with van der Waals surface area (Å²) in [5.74, 6) is -0.00225. The van der Waals surface area contributed by atoms with Gasteiger partial charge in [0.15, 0.2) is 5.82 Å². The Morgan fingerprint density at radius 1 is 1.24 bits per heavy atom. The zero-order valence-corrected chi connectivity index (χ0v) is 10.4. The molecule has 0 aliphatic heterocycles. The van der Waals surface area contributed by atoms with E-state index < -0.39 is 0 Å². The third kappa shape index (κ3) is 2.48. The smallest absolute Gasteiger partial charge is 0.224 e. The molecule has 2 rings (SSSR count). The minimum atomic E-state index is -0.360. The first-order valence-electron chi connectivity index (χ1n) is 4.76. The van der Waals surface area contributed by atoms with Crippen molar-refractivity contribution in [2.75, 3.05) is 11.9 Å². The lowest BCUT2D eigenvalue weighted by Gasteiger charge is -2.19. The molecule has 0 unspecified atom stereocenters. The second-order valence-electron chi connectivity index (χ2n) is 3.32. The normalized spacial score (nSPS) is 10.4. The fourth-order valence-corrected chi connectivity index (χ4v) is 1.76. The Morgan fingerprint density at radius 3 is 2.65 bits per heavy atom. The van der Waals surface area contributed by atoms with Crippen LogP contribution >= 0.6 is 23.2 Å². The summed E-state index contributed by atoms with van der Waals surface area (Å²) in [6, 6.07) is 6.33. The molecule has 1 heterocycles. The Balaban J connectivity index is 2.47. The van der Waals surface area contributed by atoms with Crippen molar-refractivity contribution in [2.45, 2.75) is 0 Å². The van der Waals surface area contributed by atoms with E-state index in [1.807, 2.05) is 0 Å². The minimum Gasteiger partial charge on any atom is -0.326 e. The number of anilines is 2. The van der Waals surface area contributed by atoms with Crippen LogP contribution in [0, 0.1) is 5.82 Å². The molecule has 17 heavy (non-hydrogen) atoms. The van der Waals surface area contributed by atoms with Crippen LogP contribution in [0.4, 0.5) is 15.9 Å². The standard InChI is InChI=1S/C11H8Cl2FN3/c1-17(9-5-3-2-4-8(9)14)10-7(12)6-15-11(13)16-10/h2-6H,1H3. The summed E-state index contributed by atoms with van der Waals surface area (Å²) in [5, 5.41) is 0.368. The molecule has 0 atom stereocenters. The molecule has 88 valence electrons. The number of hydrogen-bond donors (Lipinski definition) is 0. The summed E-state index contributed by atoms with van der Waals surface area (Å²) in [6.45, 7) is 0. The van der Waals surface area contributed by atoms with Crippen molar-refractivity contribution >= 4 is 34.7 Å². The maximum atomic E-state index is 13.6. The molecule has 3 nitrogen and oxygen atoms in total. The fraction of sp³-hybridized carbons (Fsp3) is 0.0909. The fourth-order valence-electron chi connectivity index (χ4n) is 1.41. The summed E-state index contributed by atoms with van der Waals surface area (Å²) in [6.07, 6.45) is 1.38. The van der Waals surface area contributed by atoms with Crippen molar-refractivity contribution in [3.05, 3.63) is 46.6 Å². The highest BCUT2D eigenvalue weighted by molar-refractivity contribution is 6.33. The monoisotopic (exact) mass is 271 g/mol. The molecule has 0 bridgehead atoms. The Kier molecular flexibility index (Phi) is 3.45. The quantitative estimate of drug-likeness (QED) is 0.781. The van der Waals surface area contributed by atoms with Gasteiger partial charge in [-0.1, -0.05) is 23.7 Å². The van der Waals surface area contributed by atoms with Crippen molar-refractivity contribution in [1.82, 2.24) is 9.97 Å². The number of para-hydroxylation sites is 1. The molecule has 2 aromatic rings. The van der Waals surface area contributed by atoms with E-state index in [1.54, 1.807) is 25.2 Å². The highest BCUT2D eigenvalue weighted by atomic mass is 35.5. The molecule has 0 spiro atoms. The molecule has 6 heteroatoms. The SMILES string of the molecule is CN(c1ccccc1F)c1nc(Cl)ncc1Cl. The van der Waals surface area contributed by atoms with Gasteiger partial charge in [0.25, 0.3) is 0 Å². The van der Waals surface area contributed by atoms with E-state index in [9.17, 15) is 4.39 Å². The van der Waals surface area contributed by atoms with Gasteiger partial charge in [-0.15, -0.1) is 0 Å². The van der Waals surface area contributed by atoms with Crippen LogP contribution in [0.25, 0.3) is 0 Å². The number of aromatic nitrogens is 2. The van der Waals surface area contributed by atoms with Crippen LogP contribution < -0.4 is 4.90 Å². The van der Waals surface area contributed by atoms with Crippen LogP contribution in [0.3, 0.4) is 0 Å². The van der Waals surface area contributed by atoms with Gasteiger partial charge in [-0.05, 0) is 23.7 Å². The van der Waals surface area contributed by atoms with Gasteiger partial charge in [0, 0.05) is 7.05 Å². The number of rotatable bonds is 2. The van der Waals surface area contributed by atoms with Gasteiger partial charge in [0.05, 0.1) is 11.9 Å². The Morgan fingerprint density at radius 2 is 1.94 bits per heavy atom. The summed E-state index contributed by atoms with van der Waals surface area (Å²) < 4.78 is 13.6. The van der Waals surface area contributed by atoms with E-state index in [-0.39, 0.29) is 11.1 Å². The van der Waals surface area contributed by atoms with Gasteiger partial charge in [-0.25, -0.2) is 9.37 Å². The second kappa shape index (κ2) is 4.85. The lowest BCUT2D eigenvalue weighted by molar-refractivity contribution is 0.627. The number of halogens is 3. The van der Waals surface area contributed by atoms with Crippen molar-refractivity contribution in [3.63, 3.8) is 0 Å². The predicted molar refractivity (Wildman–Crippen MR) is 66.5 cm³/mol. The van der Waals surface area contributed by atoms with E-state index >= 15 is 0 Å². The van der Waals surface area contributed by atoms with Crippen molar-refractivity contribution in [1.29, 1.82) is 0 Å². The first kappa shape index (κ1) is 12.1. The molecule has 0 aliphatic rings. The Hall–Kier alpha value is -1.39. The summed E-state index contributed by atoms with van der Waals surface area (Å²) in [5.41, 5.74) is 0.365. The van der Waals surface area contributed by atoms with Crippen LogP contribution in [0.5, 0.6) is 0 Å². The molecule has 0 saturated heterocycles. The molecule has 0 saturated carbocycles. The van der Waals surface area contributed by atoms with Gasteiger partial charge >= 0.3 is 0 Å². The van der Waals surface area contributed by atoms with Gasteiger partial charge in [0.2, 0.25) is 5.28 Å². The number of hydrogen-bond acceptors (Lipinski definition) is 3. The first-order valence-corrected chi connectivity index (χ1v) is 5.51. The average Bonchev–Trinajstić information content (AvgIpc) is 2.32. The molecule has 1 aromatic heterocycles. The Labute approximate surface area is 108 Å². The molecule has 0 N–H and O–H groups in total. The molecule has 1 aromatic carbocycles. The molecular formula is C11H8Cl2FN3. The van der Waals surface area contributed by atoms with Gasteiger partial charge in [-0.2, -0.15) is 4.98 Å². The minimum absolute atomic E-state index is 0.0626. The zero-order chi connectivity index (χ0) is 12.4. The van der Waals surface area contributed by atoms with E-state index in [2.05, 4.69) is 9.97 Å². The maximum Gasteiger partial charge on any atom is 0.224 e. The van der Waals surface area contributed by atoms with E-state index in [0.717, 1.165) is 0 Å². The van der Waals surface area contributed by atoms with Gasteiger partial charge in [0.1, 0.15) is 10.8 Å². The van der Waals surface area contributed by atoms with E-state index in [0.29, 0.717) is 16.5 Å². The van der Waals surface area contributed by atoms with Crippen LogP contribution in [-0.2, 0) is 0 Å². The summed E-state index contributed by atoms with van der Waals surface area (Å²) in [7, 11) is 1.66. The second-order valence-corrected chi connectivity index (χ2v) is 4.07. The topological polar surface area (TPSA) is 29.0 Å². The third-order valence-corrected chi connectivity index (χ3v) is 2.68. The predicted octanol–water partition coefficient (Wildman–Crippen LogP) is 3.69. The lowest BCUT2D eigenvalue weighted by atomic mass is 10.3. The largest absolute Gasteiger partial charge is 0.326 e. The summed E-state index contributed by atoms with van der Waals surface area (Å²) in [4.78, 5) is 9.23. The summed E-state index contributed by atoms with van der Waals surface area (Å²) >= 11 is 11.6. The first-order chi connectivity index (χ1) is 8.09. The van der Waals surface area contributed by atoms with Crippen LogP contribution in [0.1, 0.15) is 0 Å². The molecule has 0 amide bonds. The van der Waals surface area contributed by atoms with Crippen molar-refractivity contribution in [2.24, 2.45) is 0 Å². The number of benzene rings is 1. The highest BCUT2D eigenvalue weighted by Gasteiger charge is 2.14. The maximum absolute atomic E-state index is 13.6. The van der Waals surface area contributed by atoms with Crippen LogP contribution in [0.15, 0.2) is 30.5 Å². The van der Waals surface area contributed by atoms with E-state index in [1.165, 1.54) is 17.2 Å². The van der Waals surface area contributed by atoms with Crippen LogP contribution in [0.2, 0.25) is 10.3 Å². The number of nitrogens with zero attached hydrogens (tertiary/aromatic N) is 3. The average molecular weight is 272 g/mol. The van der Waals surface area contributed by atoms with Gasteiger partial charge < -0.3 is 4.90 Å². The molecular weight excluding hydrogens is 264 g/mol. The van der Waals surface area contributed by atoms with E-state index in [4.69, 9.17) is 23.2 Å². The third-order valence-electron chi connectivity index (χ3n) is 2.23. The molecule has 0 radical (unpaired) electrons. The zero-order valence-electron chi connectivity index (χ0n) is 8.86. The Bertz CT molecular complexity index is 548. The highest BCUT2D eigenvalue weighted by Crippen LogP contribution is 2.30. The van der Waals surface area contributed by atoms with Crippen LogP contribution in [-0.4, -0.2) is 17.0 Å².